The largest absolute Gasteiger partial charge is 0.481 e. The van der Waals surface area contributed by atoms with E-state index in [9.17, 15) is 36.7 Å². The monoisotopic (exact) mass is 973 g/mol. The molecule has 0 saturated carbocycles. The number of halogens is 4. The summed E-state index contributed by atoms with van der Waals surface area (Å²) in [5, 5.41) is 5.36. The van der Waals surface area contributed by atoms with Crippen molar-refractivity contribution in [3.05, 3.63) is 118 Å². The van der Waals surface area contributed by atoms with E-state index >= 15 is 0 Å². The van der Waals surface area contributed by atoms with Crippen LogP contribution in [0, 0.1) is 47.5 Å². The standard InChI is InChI=1S/C52H55F4N3O11/c1-2-21-69-42-33-40(52(63)70-51-49(55)43(53)35-44(54)50(51)56)32-41(34-42)58-47(61)19-30-67-28-9-26-65-24-7-22-64-23-8-25-66-27-10-29-68-31-20-57-46(60)17-18-48(62)59-36-39-13-4-3-11-37(39)15-16-38-12-5-6-14-45(38)59/h1,3-6,11-14,32-35H,7-10,17-31,36H2,(H,57,60)(H,58,61). The summed E-state index contributed by atoms with van der Waals surface area (Å²) < 4.78 is 93.3. The van der Waals surface area contributed by atoms with Gasteiger partial charge in [0.1, 0.15) is 12.4 Å². The summed E-state index contributed by atoms with van der Waals surface area (Å²) in [4.78, 5) is 52.8. The number of carbonyl (C=O) groups excluding carboxylic acids is 4. The SMILES string of the molecule is C#CCOc1cc(NC(=O)CCOCCCOCCCOCCCOCCCOCCNC(=O)CCC(=O)N2Cc3ccccc3C#Cc3ccccc32)cc(C(=O)Oc2c(F)c(F)cc(F)c2F)c1. The van der Waals surface area contributed by atoms with Crippen LogP contribution in [0.3, 0.4) is 0 Å². The fourth-order valence-electron chi connectivity index (χ4n) is 6.65. The molecule has 0 unspecified atom stereocenters. The van der Waals surface area contributed by atoms with Gasteiger partial charge in [-0.25, -0.2) is 13.6 Å². The van der Waals surface area contributed by atoms with Gasteiger partial charge in [-0.1, -0.05) is 48.1 Å². The van der Waals surface area contributed by atoms with E-state index in [4.69, 9.17) is 34.8 Å². The lowest BCUT2D eigenvalue weighted by Gasteiger charge is -2.26. The Morgan fingerprint density at radius 2 is 1.21 bits per heavy atom. The Hall–Kier alpha value is -6.80. The summed E-state index contributed by atoms with van der Waals surface area (Å²) in [6.07, 6.45) is 8.04. The van der Waals surface area contributed by atoms with Crippen molar-refractivity contribution in [3.8, 4) is 35.7 Å². The zero-order valence-corrected chi connectivity index (χ0v) is 38.6. The highest BCUT2D eigenvalue weighted by molar-refractivity contribution is 5.97. The van der Waals surface area contributed by atoms with Crippen molar-refractivity contribution in [3.63, 3.8) is 0 Å². The molecule has 1 aliphatic rings. The molecule has 4 aromatic carbocycles. The van der Waals surface area contributed by atoms with Gasteiger partial charge in [-0.2, -0.15) is 8.78 Å². The van der Waals surface area contributed by atoms with Crippen LogP contribution in [0.4, 0.5) is 28.9 Å². The number of hydrogen-bond acceptors (Lipinski definition) is 11. The summed E-state index contributed by atoms with van der Waals surface area (Å²) >= 11 is 0. The van der Waals surface area contributed by atoms with Gasteiger partial charge in [0.2, 0.25) is 35.1 Å². The summed E-state index contributed by atoms with van der Waals surface area (Å²) in [5.74, 6) is -2.54. The van der Waals surface area contributed by atoms with Crippen LogP contribution < -0.4 is 25.0 Å². The lowest BCUT2D eigenvalue weighted by Crippen LogP contribution is -2.33. The molecule has 0 aromatic heterocycles. The number of benzene rings is 4. The number of terminal acetylenes is 1. The predicted octanol–water partition coefficient (Wildman–Crippen LogP) is 7.29. The number of nitrogens with zero attached hydrogens (tertiary/aromatic N) is 1. The Labute approximate surface area is 404 Å². The third kappa shape index (κ3) is 18.3. The van der Waals surface area contributed by atoms with Crippen LogP contribution in [0.15, 0.2) is 72.8 Å². The number of fused-ring (bicyclic) bond motifs is 2. The highest BCUT2D eigenvalue weighted by Crippen LogP contribution is 2.29. The summed E-state index contributed by atoms with van der Waals surface area (Å²) in [5.41, 5.74) is 3.01. The molecule has 5 rings (SSSR count). The van der Waals surface area contributed by atoms with Crippen molar-refractivity contribution >= 4 is 35.1 Å². The van der Waals surface area contributed by atoms with Gasteiger partial charge in [0.25, 0.3) is 0 Å². The van der Waals surface area contributed by atoms with Gasteiger partial charge in [0, 0.05) is 101 Å². The molecule has 0 spiro atoms. The molecule has 0 aliphatic carbocycles. The summed E-state index contributed by atoms with van der Waals surface area (Å²) in [6, 6.07) is 18.8. The zero-order valence-electron chi connectivity index (χ0n) is 38.6. The number of rotatable bonds is 30. The first kappa shape index (κ1) is 54.1. The van der Waals surface area contributed by atoms with Gasteiger partial charge in [-0.3, -0.25) is 14.4 Å². The average molecular weight is 974 g/mol. The van der Waals surface area contributed by atoms with Crippen molar-refractivity contribution in [1.29, 1.82) is 0 Å². The molecule has 3 amide bonds. The number of amides is 3. The smallest absolute Gasteiger partial charge is 0.343 e. The predicted molar refractivity (Wildman–Crippen MR) is 250 cm³/mol. The first-order valence-electron chi connectivity index (χ1n) is 22.7. The molecular weight excluding hydrogens is 919 g/mol. The molecule has 70 heavy (non-hydrogen) atoms. The fourth-order valence-corrected chi connectivity index (χ4v) is 6.65. The molecule has 18 heteroatoms. The van der Waals surface area contributed by atoms with E-state index in [0.29, 0.717) is 91.8 Å². The van der Waals surface area contributed by atoms with E-state index in [2.05, 4.69) is 33.1 Å². The molecule has 0 fully saturated rings. The van der Waals surface area contributed by atoms with Gasteiger partial charge in [0.15, 0.2) is 11.6 Å². The van der Waals surface area contributed by atoms with Crippen LogP contribution in [0.5, 0.6) is 11.5 Å². The van der Waals surface area contributed by atoms with E-state index in [-0.39, 0.29) is 67.4 Å². The highest BCUT2D eigenvalue weighted by Gasteiger charge is 2.25. The van der Waals surface area contributed by atoms with Crippen LogP contribution in [0.1, 0.15) is 72.0 Å². The number of esters is 1. The van der Waals surface area contributed by atoms with E-state index in [1.54, 1.807) is 4.90 Å². The second-order valence-electron chi connectivity index (χ2n) is 15.5. The van der Waals surface area contributed by atoms with Crippen LogP contribution in [-0.4, -0.2) is 103 Å². The molecule has 0 saturated heterocycles. The lowest BCUT2D eigenvalue weighted by molar-refractivity contribution is -0.125. The van der Waals surface area contributed by atoms with Gasteiger partial charge in [0.05, 0.1) is 37.4 Å². The maximum atomic E-state index is 14.1. The molecule has 0 bridgehead atoms. The van der Waals surface area contributed by atoms with Gasteiger partial charge in [-0.15, -0.1) is 6.42 Å². The molecular formula is C52H55F4N3O11. The Kier molecular flexibility index (Phi) is 23.2. The van der Waals surface area contributed by atoms with E-state index in [1.807, 2.05) is 48.5 Å². The second kappa shape index (κ2) is 29.9. The number of anilines is 2. The number of hydrogen-bond donors (Lipinski definition) is 2. The first-order valence-corrected chi connectivity index (χ1v) is 22.7. The summed E-state index contributed by atoms with van der Waals surface area (Å²) in [7, 11) is 0. The van der Waals surface area contributed by atoms with Crippen molar-refractivity contribution in [1.82, 2.24) is 5.32 Å². The molecule has 1 aliphatic heterocycles. The molecule has 4 aromatic rings. The topological polar surface area (TPSA) is 160 Å². The Balaban J connectivity index is 0.805. The Bertz CT molecular complexity index is 2460. The van der Waals surface area contributed by atoms with E-state index in [0.717, 1.165) is 40.9 Å². The minimum Gasteiger partial charge on any atom is -0.481 e. The minimum atomic E-state index is -1.90. The lowest BCUT2D eigenvalue weighted by atomic mass is 10.0. The van der Waals surface area contributed by atoms with Crippen molar-refractivity contribution in [2.24, 2.45) is 0 Å². The van der Waals surface area contributed by atoms with Crippen molar-refractivity contribution in [2.75, 3.05) is 89.4 Å². The Morgan fingerprint density at radius 3 is 1.86 bits per heavy atom. The van der Waals surface area contributed by atoms with Gasteiger partial charge >= 0.3 is 5.97 Å². The third-order valence-electron chi connectivity index (χ3n) is 10.1. The normalized spacial score (nSPS) is 11.5. The van der Waals surface area contributed by atoms with Crippen LogP contribution in [0.2, 0.25) is 0 Å². The first-order chi connectivity index (χ1) is 34.0. The average Bonchev–Trinajstić information content (AvgIpc) is 3.35. The molecule has 14 nitrogen and oxygen atoms in total. The minimum absolute atomic E-state index is 0.00479. The van der Waals surface area contributed by atoms with Crippen LogP contribution in [-0.2, 0) is 44.6 Å². The Morgan fingerprint density at radius 1 is 0.643 bits per heavy atom. The third-order valence-corrected chi connectivity index (χ3v) is 10.1. The summed E-state index contributed by atoms with van der Waals surface area (Å²) in [6.45, 7) is 4.88. The van der Waals surface area contributed by atoms with Crippen molar-refractivity contribution < 1.29 is 69.9 Å². The maximum Gasteiger partial charge on any atom is 0.343 e. The number of para-hydroxylation sites is 1. The highest BCUT2D eigenvalue weighted by atomic mass is 19.2. The van der Waals surface area contributed by atoms with Gasteiger partial charge in [-0.05, 0) is 61.6 Å². The number of nitrogens with one attached hydrogen (secondary N) is 2. The number of carbonyl (C=O) groups is 4. The van der Waals surface area contributed by atoms with Gasteiger partial charge < -0.3 is 48.7 Å². The van der Waals surface area contributed by atoms with Crippen LogP contribution in [0.25, 0.3) is 0 Å². The quantitative estimate of drug-likeness (QED) is 0.0135. The number of ether oxygens (including phenoxy) is 7. The zero-order chi connectivity index (χ0) is 49.9. The van der Waals surface area contributed by atoms with Crippen molar-refractivity contribution in [2.45, 2.75) is 51.5 Å². The maximum absolute atomic E-state index is 14.1. The molecule has 0 radical (unpaired) electrons. The van der Waals surface area contributed by atoms with E-state index in [1.165, 1.54) is 6.07 Å². The molecule has 0 atom stereocenters. The molecule has 1 heterocycles. The fraction of sp³-hybridized carbons (Fsp3) is 0.385. The second-order valence-corrected chi connectivity index (χ2v) is 15.5. The molecule has 2 N–H and O–H groups in total. The van der Waals surface area contributed by atoms with E-state index < -0.39 is 40.9 Å². The van der Waals surface area contributed by atoms with Crippen LogP contribution >= 0.6 is 0 Å². The molecule has 372 valence electrons.